The topological polar surface area (TPSA) is 29.1 Å². The number of halogens is 2. The molecule has 0 aromatic heterocycles. The predicted octanol–water partition coefficient (Wildman–Crippen LogP) is 3.60. The van der Waals surface area contributed by atoms with Crippen LogP contribution in [0.15, 0.2) is 22.7 Å². The molecule has 1 heterocycles. The summed E-state index contributed by atoms with van der Waals surface area (Å²) < 4.78 is 14.1. The number of rotatable bonds is 3. The summed E-state index contributed by atoms with van der Waals surface area (Å²) >= 11 is 4.95. The molecule has 0 aliphatic carbocycles. The van der Waals surface area contributed by atoms with Gasteiger partial charge in [-0.3, -0.25) is 4.79 Å². The number of amides is 1. The third-order valence-corrected chi connectivity index (χ3v) is 5.27. The van der Waals surface area contributed by atoms with Crippen LogP contribution >= 0.6 is 27.7 Å². The zero-order chi connectivity index (χ0) is 13.2. The third-order valence-electron chi connectivity index (χ3n) is 3.12. The molecular weight excluding hydrogens is 317 g/mol. The van der Waals surface area contributed by atoms with Crippen molar-refractivity contribution in [3.8, 4) is 0 Å². The fraction of sp³-hybridized carbons (Fsp3) is 0.462. The summed E-state index contributed by atoms with van der Waals surface area (Å²) in [6.07, 6.45) is 2.28. The smallest absolute Gasteiger partial charge is 0.254 e. The van der Waals surface area contributed by atoms with Gasteiger partial charge in [0.05, 0.1) is 10.0 Å². The van der Waals surface area contributed by atoms with Gasteiger partial charge in [0.1, 0.15) is 5.82 Å². The van der Waals surface area contributed by atoms with Gasteiger partial charge in [0.25, 0.3) is 5.91 Å². The Morgan fingerprint density at radius 3 is 3.06 bits per heavy atom. The maximum atomic E-state index is 13.7. The van der Waals surface area contributed by atoms with Gasteiger partial charge in [0.2, 0.25) is 0 Å². The number of hydrogen-bond donors (Lipinski definition) is 1. The van der Waals surface area contributed by atoms with Gasteiger partial charge in [-0.05, 0) is 53.6 Å². The van der Waals surface area contributed by atoms with Crippen LogP contribution in [0.25, 0.3) is 0 Å². The van der Waals surface area contributed by atoms with E-state index in [4.69, 9.17) is 0 Å². The van der Waals surface area contributed by atoms with Gasteiger partial charge in [-0.15, -0.1) is 0 Å². The van der Waals surface area contributed by atoms with Crippen LogP contribution in [0.2, 0.25) is 0 Å². The number of carbonyl (C=O) groups excluding carboxylic acids is 1. The minimum Gasteiger partial charge on any atom is -0.351 e. The van der Waals surface area contributed by atoms with Gasteiger partial charge >= 0.3 is 0 Å². The van der Waals surface area contributed by atoms with Crippen LogP contribution in [0, 0.1) is 5.82 Å². The van der Waals surface area contributed by atoms with E-state index < -0.39 is 5.82 Å². The molecule has 1 amide bonds. The van der Waals surface area contributed by atoms with E-state index in [-0.39, 0.29) is 16.2 Å². The van der Waals surface area contributed by atoms with E-state index in [9.17, 15) is 9.18 Å². The van der Waals surface area contributed by atoms with E-state index in [1.807, 2.05) is 11.8 Å². The van der Waals surface area contributed by atoms with Crippen LogP contribution in [0.1, 0.15) is 30.1 Å². The molecule has 1 aliphatic heterocycles. The van der Waals surface area contributed by atoms with Crippen LogP contribution in [0.5, 0.6) is 0 Å². The van der Waals surface area contributed by atoms with Gasteiger partial charge in [0, 0.05) is 11.3 Å². The molecule has 5 heteroatoms. The average molecular weight is 332 g/mol. The highest BCUT2D eigenvalue weighted by Crippen LogP contribution is 2.37. The second-order valence-corrected chi connectivity index (χ2v) is 7.22. The lowest BCUT2D eigenvalue weighted by Crippen LogP contribution is -2.37. The molecule has 1 saturated heterocycles. The van der Waals surface area contributed by atoms with Crippen molar-refractivity contribution in [1.82, 2.24) is 5.32 Å². The SMILES string of the molecule is CC1(CNC(=O)c2cccc(Br)c2F)CCCS1. The average Bonchev–Trinajstić information content (AvgIpc) is 2.77. The summed E-state index contributed by atoms with van der Waals surface area (Å²) in [6.45, 7) is 2.73. The van der Waals surface area contributed by atoms with Gasteiger partial charge in [-0.25, -0.2) is 4.39 Å². The summed E-state index contributed by atoms with van der Waals surface area (Å²) in [6, 6.07) is 4.74. The first-order chi connectivity index (χ1) is 8.52. The van der Waals surface area contributed by atoms with E-state index in [2.05, 4.69) is 28.2 Å². The Labute approximate surface area is 119 Å². The standard InChI is InChI=1S/C13H15BrFNOS/c1-13(6-3-7-18-13)8-16-12(17)9-4-2-5-10(14)11(9)15/h2,4-5H,3,6-8H2,1H3,(H,16,17). The zero-order valence-corrected chi connectivity index (χ0v) is 12.5. The van der Waals surface area contributed by atoms with Crippen molar-refractivity contribution < 1.29 is 9.18 Å². The fourth-order valence-corrected chi connectivity index (χ4v) is 3.63. The Hall–Kier alpha value is -0.550. The van der Waals surface area contributed by atoms with E-state index in [1.54, 1.807) is 12.1 Å². The van der Waals surface area contributed by atoms with Crippen molar-refractivity contribution in [3.63, 3.8) is 0 Å². The molecule has 1 aromatic rings. The highest BCUT2D eigenvalue weighted by molar-refractivity contribution is 9.10. The van der Waals surface area contributed by atoms with E-state index >= 15 is 0 Å². The third kappa shape index (κ3) is 3.06. The maximum absolute atomic E-state index is 13.7. The summed E-state index contributed by atoms with van der Waals surface area (Å²) in [5.74, 6) is 0.291. The van der Waals surface area contributed by atoms with Gasteiger partial charge in [-0.1, -0.05) is 6.07 Å². The zero-order valence-electron chi connectivity index (χ0n) is 10.1. The van der Waals surface area contributed by atoms with Gasteiger partial charge in [0.15, 0.2) is 0 Å². The van der Waals surface area contributed by atoms with E-state index in [0.717, 1.165) is 12.2 Å². The Balaban J connectivity index is 2.01. The van der Waals surface area contributed by atoms with Crippen LogP contribution in [0.4, 0.5) is 4.39 Å². The quantitative estimate of drug-likeness (QED) is 0.916. The number of thioether (sulfide) groups is 1. The predicted molar refractivity (Wildman–Crippen MR) is 76.5 cm³/mol. The van der Waals surface area contributed by atoms with Gasteiger partial charge in [-0.2, -0.15) is 11.8 Å². The first kappa shape index (κ1) is 13.9. The van der Waals surface area contributed by atoms with Crippen molar-refractivity contribution in [2.75, 3.05) is 12.3 Å². The molecule has 0 bridgehead atoms. The largest absolute Gasteiger partial charge is 0.351 e. The molecular formula is C13H15BrFNOS. The fourth-order valence-electron chi connectivity index (χ4n) is 2.02. The van der Waals surface area contributed by atoms with E-state index in [0.29, 0.717) is 11.0 Å². The first-order valence-electron chi connectivity index (χ1n) is 5.88. The summed E-state index contributed by atoms with van der Waals surface area (Å²) in [4.78, 5) is 11.9. The lowest BCUT2D eigenvalue weighted by molar-refractivity contribution is 0.0946. The number of nitrogens with one attached hydrogen (secondary N) is 1. The first-order valence-corrected chi connectivity index (χ1v) is 7.66. The number of hydrogen-bond acceptors (Lipinski definition) is 2. The summed E-state index contributed by atoms with van der Waals surface area (Å²) in [5, 5.41) is 2.83. The number of carbonyl (C=O) groups is 1. The number of benzene rings is 1. The maximum Gasteiger partial charge on any atom is 0.254 e. The molecule has 2 rings (SSSR count). The molecule has 0 spiro atoms. The highest BCUT2D eigenvalue weighted by Gasteiger charge is 2.30. The minimum atomic E-state index is -0.501. The Kier molecular flexibility index (Phi) is 4.33. The van der Waals surface area contributed by atoms with Gasteiger partial charge < -0.3 is 5.32 Å². The Morgan fingerprint density at radius 1 is 1.61 bits per heavy atom. The monoisotopic (exact) mass is 331 g/mol. The molecule has 0 radical (unpaired) electrons. The Bertz CT molecular complexity index is 460. The molecule has 1 atom stereocenters. The second-order valence-electron chi connectivity index (χ2n) is 4.69. The molecule has 1 N–H and O–H groups in total. The summed E-state index contributed by atoms with van der Waals surface area (Å²) in [7, 11) is 0. The van der Waals surface area contributed by atoms with E-state index in [1.165, 1.54) is 12.5 Å². The molecule has 1 fully saturated rings. The van der Waals surface area contributed by atoms with Crippen LogP contribution in [0.3, 0.4) is 0 Å². The highest BCUT2D eigenvalue weighted by atomic mass is 79.9. The van der Waals surface area contributed by atoms with Crippen LogP contribution < -0.4 is 5.32 Å². The molecule has 2 nitrogen and oxygen atoms in total. The molecule has 0 saturated carbocycles. The van der Waals surface area contributed by atoms with Crippen molar-refractivity contribution in [2.24, 2.45) is 0 Å². The molecule has 98 valence electrons. The van der Waals surface area contributed by atoms with Crippen molar-refractivity contribution >= 4 is 33.6 Å². The second kappa shape index (κ2) is 5.61. The molecule has 18 heavy (non-hydrogen) atoms. The Morgan fingerprint density at radius 2 is 2.39 bits per heavy atom. The minimum absolute atomic E-state index is 0.0935. The van der Waals surface area contributed by atoms with Crippen LogP contribution in [-0.4, -0.2) is 23.0 Å². The molecule has 1 aromatic carbocycles. The van der Waals surface area contributed by atoms with Crippen LogP contribution in [-0.2, 0) is 0 Å². The lowest BCUT2D eigenvalue weighted by atomic mass is 10.1. The molecule has 1 unspecified atom stereocenters. The summed E-state index contributed by atoms with van der Waals surface area (Å²) in [5.41, 5.74) is 0.0935. The van der Waals surface area contributed by atoms with Crippen molar-refractivity contribution in [3.05, 3.63) is 34.1 Å². The lowest BCUT2D eigenvalue weighted by Gasteiger charge is -2.22. The molecule has 1 aliphatic rings. The normalized spacial score (nSPS) is 23.1. The van der Waals surface area contributed by atoms with Crippen molar-refractivity contribution in [1.29, 1.82) is 0 Å². The van der Waals surface area contributed by atoms with Crippen molar-refractivity contribution in [2.45, 2.75) is 24.5 Å².